The second-order valence-electron chi connectivity index (χ2n) is 7.53. The molecule has 1 heterocycles. The first-order chi connectivity index (χ1) is 15.2. The fourth-order valence-corrected chi connectivity index (χ4v) is 4.90. The van der Waals surface area contributed by atoms with Crippen LogP contribution in [0.1, 0.15) is 33.5 Å². The van der Waals surface area contributed by atoms with Gasteiger partial charge in [-0.2, -0.15) is 4.31 Å². The Balaban J connectivity index is 1.99. The molecule has 1 aromatic heterocycles. The van der Waals surface area contributed by atoms with E-state index in [1.54, 1.807) is 6.07 Å². The minimum absolute atomic E-state index is 0.0215. The van der Waals surface area contributed by atoms with E-state index < -0.39 is 16.0 Å². The van der Waals surface area contributed by atoms with E-state index in [0.717, 1.165) is 26.3 Å². The van der Waals surface area contributed by atoms with Gasteiger partial charge >= 0.3 is 5.97 Å². The Morgan fingerprint density at radius 3 is 2.44 bits per heavy atom. The molecule has 0 unspecified atom stereocenters. The number of nitrogens with one attached hydrogen (secondary N) is 1. The number of H-pyrrole nitrogens is 1. The molecule has 0 bridgehead atoms. The summed E-state index contributed by atoms with van der Waals surface area (Å²) in [5.41, 5.74) is 2.89. The van der Waals surface area contributed by atoms with Gasteiger partial charge < -0.3 is 14.8 Å². The van der Waals surface area contributed by atoms with E-state index in [1.807, 2.05) is 26.0 Å². The van der Waals surface area contributed by atoms with Crippen LogP contribution in [0.2, 0.25) is 0 Å². The standard InChI is InChI=1S/C23H26N2O6S/c1-15-5-6-18-13-19(22(27)24-21(18)16(15)2)14-25(11-4-12-26)32(29,30)20-9-7-17(8-10-20)23(28)31-3/h5-10,13,26H,4,11-12,14H2,1-3H3,(H,24,27). The Labute approximate surface area is 186 Å². The predicted molar refractivity (Wildman–Crippen MR) is 121 cm³/mol. The number of ether oxygens (including phenoxy) is 1. The van der Waals surface area contributed by atoms with E-state index in [2.05, 4.69) is 9.72 Å². The number of hydrogen-bond acceptors (Lipinski definition) is 6. The van der Waals surface area contributed by atoms with E-state index in [-0.39, 0.29) is 42.1 Å². The highest BCUT2D eigenvalue weighted by Crippen LogP contribution is 2.22. The number of aromatic nitrogens is 1. The first-order valence-corrected chi connectivity index (χ1v) is 11.5. The summed E-state index contributed by atoms with van der Waals surface area (Å²) in [6, 6.07) is 10.9. The molecule has 0 fully saturated rings. The van der Waals surface area contributed by atoms with Gasteiger partial charge in [0.1, 0.15) is 0 Å². The number of esters is 1. The normalized spacial score (nSPS) is 11.8. The number of aromatic amines is 1. The fourth-order valence-electron chi connectivity index (χ4n) is 3.44. The number of aliphatic hydroxyl groups excluding tert-OH is 1. The van der Waals surface area contributed by atoms with Crippen LogP contribution >= 0.6 is 0 Å². The zero-order chi connectivity index (χ0) is 23.5. The highest BCUT2D eigenvalue weighted by Gasteiger charge is 2.26. The van der Waals surface area contributed by atoms with Crippen LogP contribution in [0, 0.1) is 13.8 Å². The summed E-state index contributed by atoms with van der Waals surface area (Å²) >= 11 is 0. The molecule has 170 valence electrons. The van der Waals surface area contributed by atoms with Crippen molar-refractivity contribution in [1.82, 2.24) is 9.29 Å². The van der Waals surface area contributed by atoms with Gasteiger partial charge in [0, 0.05) is 25.3 Å². The van der Waals surface area contributed by atoms with Gasteiger partial charge in [-0.15, -0.1) is 0 Å². The molecule has 3 aromatic rings. The van der Waals surface area contributed by atoms with Gasteiger partial charge in [0.2, 0.25) is 10.0 Å². The first kappa shape index (κ1) is 23.6. The van der Waals surface area contributed by atoms with Crippen molar-refractivity contribution in [3.05, 3.63) is 75.1 Å². The van der Waals surface area contributed by atoms with Crippen LogP contribution < -0.4 is 5.56 Å². The molecule has 8 nitrogen and oxygen atoms in total. The molecule has 0 radical (unpaired) electrons. The number of sulfonamides is 1. The second kappa shape index (κ2) is 9.64. The Bertz CT molecular complexity index is 1300. The SMILES string of the molecule is COC(=O)c1ccc(S(=O)(=O)N(CCCO)Cc2cc3ccc(C)c(C)c3[nH]c2=O)cc1. The summed E-state index contributed by atoms with van der Waals surface area (Å²) in [7, 11) is -2.74. The molecule has 3 rings (SSSR count). The number of rotatable bonds is 8. The van der Waals surface area contributed by atoms with Crippen LogP contribution in [-0.4, -0.2) is 49.0 Å². The van der Waals surface area contributed by atoms with E-state index in [9.17, 15) is 23.1 Å². The van der Waals surface area contributed by atoms with Crippen LogP contribution in [0.15, 0.2) is 52.2 Å². The third-order valence-corrected chi connectivity index (χ3v) is 7.31. The molecule has 9 heteroatoms. The van der Waals surface area contributed by atoms with Gasteiger partial charge in [0.25, 0.3) is 5.56 Å². The zero-order valence-electron chi connectivity index (χ0n) is 18.2. The van der Waals surface area contributed by atoms with Gasteiger partial charge in [0.05, 0.1) is 23.1 Å². The van der Waals surface area contributed by atoms with E-state index in [1.165, 1.54) is 31.4 Å². The smallest absolute Gasteiger partial charge is 0.337 e. The average molecular weight is 459 g/mol. The Kier molecular flexibility index (Phi) is 7.12. The molecule has 0 spiro atoms. The van der Waals surface area contributed by atoms with Gasteiger partial charge in [-0.3, -0.25) is 4.79 Å². The summed E-state index contributed by atoms with van der Waals surface area (Å²) in [6.07, 6.45) is 0.212. The molecule has 0 atom stereocenters. The van der Waals surface area contributed by atoms with Crippen molar-refractivity contribution in [2.75, 3.05) is 20.3 Å². The lowest BCUT2D eigenvalue weighted by molar-refractivity contribution is 0.0600. The lowest BCUT2D eigenvalue weighted by Gasteiger charge is -2.22. The number of pyridine rings is 1. The molecular formula is C23H26N2O6S. The van der Waals surface area contributed by atoms with Gasteiger partial charge in [0.15, 0.2) is 0 Å². The largest absolute Gasteiger partial charge is 0.465 e. The molecule has 0 saturated heterocycles. The number of carbonyl (C=O) groups is 1. The number of hydrogen-bond donors (Lipinski definition) is 2. The quantitative estimate of drug-likeness (QED) is 0.501. The van der Waals surface area contributed by atoms with Gasteiger partial charge in [-0.05, 0) is 67.1 Å². The molecule has 32 heavy (non-hydrogen) atoms. The van der Waals surface area contributed by atoms with Crippen molar-refractivity contribution in [2.45, 2.75) is 31.7 Å². The lowest BCUT2D eigenvalue weighted by atomic mass is 10.0. The number of aliphatic hydroxyl groups is 1. The van der Waals surface area contributed by atoms with Crippen molar-refractivity contribution in [3.8, 4) is 0 Å². The van der Waals surface area contributed by atoms with Crippen molar-refractivity contribution in [2.24, 2.45) is 0 Å². The van der Waals surface area contributed by atoms with Crippen LogP contribution in [-0.2, 0) is 21.3 Å². The Morgan fingerprint density at radius 1 is 1.12 bits per heavy atom. The molecular weight excluding hydrogens is 432 g/mol. The number of fused-ring (bicyclic) bond motifs is 1. The average Bonchev–Trinajstić information content (AvgIpc) is 2.79. The lowest BCUT2D eigenvalue weighted by Crippen LogP contribution is -2.34. The molecule has 0 saturated carbocycles. The number of methoxy groups -OCH3 is 1. The van der Waals surface area contributed by atoms with Gasteiger partial charge in [-0.1, -0.05) is 12.1 Å². The van der Waals surface area contributed by atoms with Crippen LogP contribution in [0.4, 0.5) is 0 Å². The topological polar surface area (TPSA) is 117 Å². The monoisotopic (exact) mass is 458 g/mol. The highest BCUT2D eigenvalue weighted by molar-refractivity contribution is 7.89. The van der Waals surface area contributed by atoms with E-state index >= 15 is 0 Å². The number of carbonyl (C=O) groups excluding carboxylic acids is 1. The molecule has 2 aromatic carbocycles. The summed E-state index contributed by atoms with van der Waals surface area (Å²) < 4.78 is 32.4. The maximum atomic E-state index is 13.3. The summed E-state index contributed by atoms with van der Waals surface area (Å²) in [5.74, 6) is -0.570. The molecule has 2 N–H and O–H groups in total. The summed E-state index contributed by atoms with van der Waals surface area (Å²) in [5, 5.41) is 10.1. The van der Waals surface area contributed by atoms with Crippen molar-refractivity contribution >= 4 is 26.9 Å². The third-order valence-electron chi connectivity index (χ3n) is 5.45. The summed E-state index contributed by atoms with van der Waals surface area (Å²) in [4.78, 5) is 27.2. The highest BCUT2D eigenvalue weighted by atomic mass is 32.2. The Hall–Kier alpha value is -3.01. The number of benzene rings is 2. The molecule has 0 aliphatic rings. The fraction of sp³-hybridized carbons (Fsp3) is 0.304. The molecule has 0 aliphatic heterocycles. The van der Waals surface area contributed by atoms with Crippen LogP contribution in [0.25, 0.3) is 10.9 Å². The minimum atomic E-state index is -3.99. The predicted octanol–water partition coefficient (Wildman–Crippen LogP) is 2.50. The number of nitrogens with zero attached hydrogens (tertiary/aromatic N) is 1. The van der Waals surface area contributed by atoms with Crippen molar-refractivity contribution in [1.29, 1.82) is 0 Å². The zero-order valence-corrected chi connectivity index (χ0v) is 19.0. The third kappa shape index (κ3) is 4.74. The van der Waals surface area contributed by atoms with E-state index in [4.69, 9.17) is 0 Å². The van der Waals surface area contributed by atoms with E-state index in [0.29, 0.717) is 5.56 Å². The Morgan fingerprint density at radius 2 is 1.81 bits per heavy atom. The van der Waals surface area contributed by atoms with Crippen molar-refractivity contribution in [3.63, 3.8) is 0 Å². The van der Waals surface area contributed by atoms with Crippen LogP contribution in [0.3, 0.4) is 0 Å². The maximum Gasteiger partial charge on any atom is 0.337 e. The summed E-state index contributed by atoms with van der Waals surface area (Å²) in [6.45, 7) is 3.56. The number of aryl methyl sites for hydroxylation is 2. The molecule has 0 aliphatic carbocycles. The maximum absolute atomic E-state index is 13.3. The van der Waals surface area contributed by atoms with Gasteiger partial charge in [-0.25, -0.2) is 13.2 Å². The van der Waals surface area contributed by atoms with Crippen LogP contribution in [0.5, 0.6) is 0 Å². The minimum Gasteiger partial charge on any atom is -0.465 e. The first-order valence-electron chi connectivity index (χ1n) is 10.1. The molecule has 0 amide bonds. The van der Waals surface area contributed by atoms with Crippen molar-refractivity contribution < 1.29 is 23.1 Å². The second-order valence-corrected chi connectivity index (χ2v) is 9.47.